The molecule has 0 aliphatic heterocycles. The van der Waals surface area contributed by atoms with Gasteiger partial charge in [0, 0.05) is 13.1 Å². The first kappa shape index (κ1) is 16.1. The minimum Gasteiger partial charge on any atom is -0.408 e. The molecule has 6 nitrogen and oxygen atoms in total. The molecule has 1 heterocycles. The number of rotatable bonds is 3. The number of sulfonamides is 1. The Balaban J connectivity index is 1.71. The van der Waals surface area contributed by atoms with E-state index in [1.165, 1.54) is 28.3 Å². The van der Waals surface area contributed by atoms with Gasteiger partial charge in [-0.25, -0.2) is 17.9 Å². The Morgan fingerprint density at radius 3 is 2.84 bits per heavy atom. The molecule has 0 bridgehead atoms. The van der Waals surface area contributed by atoms with Crippen LogP contribution in [0.5, 0.6) is 0 Å². The maximum atomic E-state index is 12.8. The van der Waals surface area contributed by atoms with Gasteiger partial charge < -0.3 is 4.42 Å². The first-order valence-corrected chi connectivity index (χ1v) is 9.64. The van der Waals surface area contributed by atoms with Crippen LogP contribution < -0.4 is 10.5 Å². The molecule has 1 aliphatic carbocycles. The van der Waals surface area contributed by atoms with Crippen LogP contribution in [-0.4, -0.2) is 13.0 Å². The van der Waals surface area contributed by atoms with Crippen LogP contribution in [0.4, 0.5) is 0 Å². The summed E-state index contributed by atoms with van der Waals surface area (Å²) >= 11 is 0. The minimum atomic E-state index is -3.71. The van der Waals surface area contributed by atoms with Crippen molar-refractivity contribution in [3.63, 3.8) is 0 Å². The van der Waals surface area contributed by atoms with Crippen LogP contribution in [-0.2, 0) is 23.5 Å². The van der Waals surface area contributed by atoms with Crippen LogP contribution in [0, 0.1) is 0 Å². The van der Waals surface area contributed by atoms with Crippen molar-refractivity contribution in [3.8, 4) is 0 Å². The molecule has 0 spiro atoms. The summed E-state index contributed by atoms with van der Waals surface area (Å²) in [6.45, 7) is 0. The maximum absolute atomic E-state index is 12.8. The predicted octanol–water partition coefficient (Wildman–Crippen LogP) is 2.49. The van der Waals surface area contributed by atoms with Crippen LogP contribution in [0.3, 0.4) is 0 Å². The molecule has 1 atom stereocenters. The SMILES string of the molecule is Cn1c(=O)oc2ccc(S(=O)(=O)N[C@H]3CCCc4ccccc43)cc21. The van der Waals surface area contributed by atoms with E-state index in [0.29, 0.717) is 11.1 Å². The van der Waals surface area contributed by atoms with Crippen molar-refractivity contribution in [3.05, 3.63) is 64.1 Å². The zero-order valence-electron chi connectivity index (χ0n) is 13.7. The zero-order valence-corrected chi connectivity index (χ0v) is 14.5. The van der Waals surface area contributed by atoms with Crippen molar-refractivity contribution in [2.45, 2.75) is 30.2 Å². The lowest BCUT2D eigenvalue weighted by Gasteiger charge is -2.26. The molecule has 0 unspecified atom stereocenters. The quantitative estimate of drug-likeness (QED) is 0.780. The Hall–Kier alpha value is -2.38. The molecule has 0 fully saturated rings. The average molecular weight is 358 g/mol. The van der Waals surface area contributed by atoms with Gasteiger partial charge in [0.25, 0.3) is 0 Å². The molecule has 25 heavy (non-hydrogen) atoms. The standard InChI is InChI=1S/C18H18N2O4S/c1-20-16-11-13(9-10-17(16)24-18(20)21)25(22,23)19-15-8-4-6-12-5-2-3-7-14(12)15/h2-3,5,7,9-11,15,19H,4,6,8H2,1H3/t15-/m0/s1. The van der Waals surface area contributed by atoms with Crippen LogP contribution in [0.1, 0.15) is 30.0 Å². The molecule has 4 rings (SSSR count). The number of fused-ring (bicyclic) bond motifs is 2. The van der Waals surface area contributed by atoms with Crippen LogP contribution in [0.2, 0.25) is 0 Å². The summed E-state index contributed by atoms with van der Waals surface area (Å²) in [4.78, 5) is 11.7. The number of hydrogen-bond acceptors (Lipinski definition) is 4. The van der Waals surface area contributed by atoms with Crippen molar-refractivity contribution in [2.24, 2.45) is 7.05 Å². The van der Waals surface area contributed by atoms with Gasteiger partial charge in [0.2, 0.25) is 10.0 Å². The topological polar surface area (TPSA) is 81.3 Å². The van der Waals surface area contributed by atoms with E-state index in [-0.39, 0.29) is 10.9 Å². The van der Waals surface area contributed by atoms with E-state index in [4.69, 9.17) is 4.42 Å². The number of nitrogens with one attached hydrogen (secondary N) is 1. The fourth-order valence-electron chi connectivity index (χ4n) is 3.41. The lowest BCUT2D eigenvalue weighted by Crippen LogP contribution is -2.31. The summed E-state index contributed by atoms with van der Waals surface area (Å²) in [7, 11) is -2.16. The first-order valence-electron chi connectivity index (χ1n) is 8.15. The molecule has 1 N–H and O–H groups in total. The van der Waals surface area contributed by atoms with E-state index in [9.17, 15) is 13.2 Å². The summed E-state index contributed by atoms with van der Waals surface area (Å²) in [6.07, 6.45) is 2.68. The number of oxazole rings is 1. The molecule has 130 valence electrons. The van der Waals surface area contributed by atoms with Crippen molar-refractivity contribution in [1.82, 2.24) is 9.29 Å². The normalized spacial score (nSPS) is 17.6. The van der Waals surface area contributed by atoms with E-state index >= 15 is 0 Å². The molecular formula is C18H18N2O4S. The number of aromatic nitrogens is 1. The highest BCUT2D eigenvalue weighted by Gasteiger charge is 2.26. The van der Waals surface area contributed by atoms with Gasteiger partial charge in [-0.3, -0.25) is 4.57 Å². The zero-order chi connectivity index (χ0) is 17.6. The fourth-order valence-corrected chi connectivity index (χ4v) is 4.67. The predicted molar refractivity (Wildman–Crippen MR) is 93.9 cm³/mol. The third-order valence-electron chi connectivity index (χ3n) is 4.74. The molecule has 0 saturated carbocycles. The monoisotopic (exact) mass is 358 g/mol. The molecule has 7 heteroatoms. The second-order valence-electron chi connectivity index (χ2n) is 6.32. The van der Waals surface area contributed by atoms with Crippen molar-refractivity contribution < 1.29 is 12.8 Å². The minimum absolute atomic E-state index is 0.124. The van der Waals surface area contributed by atoms with E-state index in [0.717, 1.165) is 24.8 Å². The fraction of sp³-hybridized carbons (Fsp3) is 0.278. The maximum Gasteiger partial charge on any atom is 0.419 e. The molecule has 1 aliphatic rings. The molecule has 0 radical (unpaired) electrons. The van der Waals surface area contributed by atoms with Gasteiger partial charge in [0.15, 0.2) is 5.58 Å². The lowest BCUT2D eigenvalue weighted by molar-refractivity contribution is 0.507. The average Bonchev–Trinajstić information content (AvgIpc) is 2.89. The van der Waals surface area contributed by atoms with E-state index in [2.05, 4.69) is 4.72 Å². The highest BCUT2D eigenvalue weighted by molar-refractivity contribution is 7.89. The Labute approximate surface area is 145 Å². The third kappa shape index (κ3) is 2.79. The summed E-state index contributed by atoms with van der Waals surface area (Å²) in [5.74, 6) is -0.515. The number of benzene rings is 2. The summed E-state index contributed by atoms with van der Waals surface area (Å²) in [6, 6.07) is 12.1. The van der Waals surface area contributed by atoms with Crippen LogP contribution >= 0.6 is 0 Å². The van der Waals surface area contributed by atoms with Crippen molar-refractivity contribution >= 4 is 21.1 Å². The van der Waals surface area contributed by atoms with E-state index in [1.807, 2.05) is 24.3 Å². The molecule has 0 amide bonds. The number of aryl methyl sites for hydroxylation is 2. The molecule has 2 aromatic carbocycles. The van der Waals surface area contributed by atoms with Gasteiger partial charge in [-0.2, -0.15) is 0 Å². The number of hydrogen-bond donors (Lipinski definition) is 1. The van der Waals surface area contributed by atoms with Gasteiger partial charge >= 0.3 is 5.76 Å². The van der Waals surface area contributed by atoms with Gasteiger partial charge in [-0.15, -0.1) is 0 Å². The van der Waals surface area contributed by atoms with Crippen LogP contribution in [0.15, 0.2) is 56.6 Å². The largest absolute Gasteiger partial charge is 0.419 e. The molecule has 0 saturated heterocycles. The first-order chi connectivity index (χ1) is 12.0. The smallest absolute Gasteiger partial charge is 0.408 e. The van der Waals surface area contributed by atoms with Gasteiger partial charge in [-0.05, 0) is 48.6 Å². The van der Waals surface area contributed by atoms with E-state index in [1.54, 1.807) is 7.05 Å². The molecule has 1 aromatic heterocycles. The highest BCUT2D eigenvalue weighted by atomic mass is 32.2. The number of nitrogens with zero attached hydrogens (tertiary/aromatic N) is 1. The van der Waals surface area contributed by atoms with Gasteiger partial charge in [0.1, 0.15) is 0 Å². The van der Waals surface area contributed by atoms with Crippen molar-refractivity contribution in [2.75, 3.05) is 0 Å². The second kappa shape index (κ2) is 5.86. The molecule has 3 aromatic rings. The Bertz CT molecular complexity index is 1110. The lowest BCUT2D eigenvalue weighted by atomic mass is 9.88. The second-order valence-corrected chi connectivity index (χ2v) is 8.04. The Kier molecular flexibility index (Phi) is 3.77. The Morgan fingerprint density at radius 1 is 1.20 bits per heavy atom. The van der Waals surface area contributed by atoms with E-state index < -0.39 is 15.8 Å². The summed E-state index contributed by atoms with van der Waals surface area (Å²) in [5, 5.41) is 0. The molecular weight excluding hydrogens is 340 g/mol. The summed E-state index contributed by atoms with van der Waals surface area (Å²) < 4.78 is 34.8. The van der Waals surface area contributed by atoms with Crippen LogP contribution in [0.25, 0.3) is 11.1 Å². The van der Waals surface area contributed by atoms with Gasteiger partial charge in [0.05, 0.1) is 10.4 Å². The Morgan fingerprint density at radius 2 is 2.00 bits per heavy atom. The van der Waals surface area contributed by atoms with Gasteiger partial charge in [-0.1, -0.05) is 24.3 Å². The van der Waals surface area contributed by atoms with Crippen molar-refractivity contribution in [1.29, 1.82) is 0 Å². The third-order valence-corrected chi connectivity index (χ3v) is 6.21. The summed E-state index contributed by atoms with van der Waals surface area (Å²) in [5.41, 5.74) is 3.05. The highest BCUT2D eigenvalue weighted by Crippen LogP contribution is 2.31.